The summed E-state index contributed by atoms with van der Waals surface area (Å²) in [5, 5.41) is 18.6. The second-order valence-electron chi connectivity index (χ2n) is 6.65. The lowest BCUT2D eigenvalue weighted by molar-refractivity contribution is -0.137. The minimum Gasteiger partial charge on any atom is -0.508 e. The first kappa shape index (κ1) is 22.6. The fourth-order valence-corrected chi connectivity index (χ4v) is 2.87. The van der Waals surface area contributed by atoms with E-state index in [1.165, 1.54) is 36.8 Å². The van der Waals surface area contributed by atoms with E-state index in [-0.39, 0.29) is 17.7 Å². The van der Waals surface area contributed by atoms with Crippen LogP contribution in [0.5, 0.6) is 11.6 Å². The van der Waals surface area contributed by atoms with Gasteiger partial charge in [0, 0.05) is 23.5 Å². The number of halogens is 3. The highest BCUT2D eigenvalue weighted by Gasteiger charge is 2.33. The minimum atomic E-state index is -4.68. The lowest BCUT2D eigenvalue weighted by atomic mass is 9.99. The largest absolute Gasteiger partial charge is 0.508 e. The monoisotopic (exact) mass is 442 g/mol. The number of nitrogens with zero attached hydrogens (tertiary/aromatic N) is 2. The standard InChI is InChI=1S/C23H17F3N2O4/c24-23(25,26)20-13-19(29)8-7-16(20)5-3-15-4-6-18(22(30)31)12-17(15)2-1-11-32-21-14-27-9-10-28-21/h4,6-10,12-14,29H,1-2,11H2,(H,30,31). The fourth-order valence-electron chi connectivity index (χ4n) is 2.87. The van der Waals surface area contributed by atoms with Gasteiger partial charge in [-0.1, -0.05) is 11.8 Å². The van der Waals surface area contributed by atoms with Crippen molar-refractivity contribution < 1.29 is 32.9 Å². The Morgan fingerprint density at radius 1 is 1.06 bits per heavy atom. The maximum Gasteiger partial charge on any atom is 0.417 e. The summed E-state index contributed by atoms with van der Waals surface area (Å²) in [6.45, 7) is 0.277. The van der Waals surface area contributed by atoms with E-state index in [0.29, 0.717) is 35.9 Å². The first-order chi connectivity index (χ1) is 15.2. The maximum absolute atomic E-state index is 13.3. The Morgan fingerprint density at radius 2 is 1.81 bits per heavy atom. The van der Waals surface area contributed by atoms with Crippen molar-refractivity contribution >= 4 is 5.97 Å². The molecule has 1 heterocycles. The van der Waals surface area contributed by atoms with E-state index in [1.807, 2.05) is 0 Å². The van der Waals surface area contributed by atoms with Gasteiger partial charge in [-0.05, 0) is 54.8 Å². The molecular formula is C23H17F3N2O4. The van der Waals surface area contributed by atoms with Crippen molar-refractivity contribution in [1.82, 2.24) is 9.97 Å². The molecule has 6 nitrogen and oxygen atoms in total. The van der Waals surface area contributed by atoms with E-state index in [2.05, 4.69) is 21.8 Å². The smallest absolute Gasteiger partial charge is 0.417 e. The minimum absolute atomic E-state index is 0.0426. The van der Waals surface area contributed by atoms with Gasteiger partial charge in [0.05, 0.1) is 23.9 Å². The van der Waals surface area contributed by atoms with Crippen LogP contribution in [0, 0.1) is 11.8 Å². The van der Waals surface area contributed by atoms with Crippen LogP contribution in [0.3, 0.4) is 0 Å². The Kier molecular flexibility index (Phi) is 6.95. The van der Waals surface area contributed by atoms with Crippen LogP contribution in [0.2, 0.25) is 0 Å². The number of hydrogen-bond acceptors (Lipinski definition) is 5. The van der Waals surface area contributed by atoms with Gasteiger partial charge in [-0.2, -0.15) is 13.2 Å². The van der Waals surface area contributed by atoms with Gasteiger partial charge in [0.2, 0.25) is 5.88 Å². The van der Waals surface area contributed by atoms with E-state index in [0.717, 1.165) is 12.1 Å². The SMILES string of the molecule is O=C(O)c1ccc(C#Cc2ccc(O)cc2C(F)(F)F)c(CCCOc2cnccn2)c1. The summed E-state index contributed by atoms with van der Waals surface area (Å²) < 4.78 is 45.2. The summed E-state index contributed by atoms with van der Waals surface area (Å²) in [5.41, 5.74) is -0.343. The molecule has 1 aromatic heterocycles. The zero-order chi connectivity index (χ0) is 23.1. The number of carboxylic acid groups (broad SMARTS) is 1. The molecule has 0 saturated carbocycles. The van der Waals surface area contributed by atoms with Crippen molar-refractivity contribution in [2.75, 3.05) is 6.61 Å². The third kappa shape index (κ3) is 5.98. The number of carboxylic acids is 1. The Labute approximate surface area is 181 Å². The molecule has 0 saturated heterocycles. The van der Waals surface area contributed by atoms with Crippen molar-refractivity contribution in [3.8, 4) is 23.5 Å². The normalized spacial score (nSPS) is 10.8. The zero-order valence-electron chi connectivity index (χ0n) is 16.6. The third-order valence-corrected chi connectivity index (χ3v) is 4.37. The number of aromatic carboxylic acids is 1. The second kappa shape index (κ2) is 9.83. The van der Waals surface area contributed by atoms with Crippen LogP contribution in [0.4, 0.5) is 13.2 Å². The molecule has 3 aromatic rings. The van der Waals surface area contributed by atoms with Crippen molar-refractivity contribution in [1.29, 1.82) is 0 Å². The summed E-state index contributed by atoms with van der Waals surface area (Å²) in [7, 11) is 0. The van der Waals surface area contributed by atoms with Crippen LogP contribution in [0.15, 0.2) is 55.0 Å². The van der Waals surface area contributed by atoms with Gasteiger partial charge in [-0.3, -0.25) is 4.98 Å². The number of rotatable bonds is 6. The van der Waals surface area contributed by atoms with E-state index in [4.69, 9.17) is 4.74 Å². The predicted molar refractivity (Wildman–Crippen MR) is 108 cm³/mol. The van der Waals surface area contributed by atoms with E-state index in [1.54, 1.807) is 0 Å². The number of aromatic hydroxyl groups is 1. The summed E-state index contributed by atoms with van der Waals surface area (Å²) in [6, 6.07) is 7.07. The highest BCUT2D eigenvalue weighted by Crippen LogP contribution is 2.33. The number of alkyl halides is 3. The molecule has 0 aliphatic heterocycles. The van der Waals surface area contributed by atoms with Gasteiger partial charge in [-0.15, -0.1) is 0 Å². The average Bonchev–Trinajstić information content (AvgIpc) is 2.76. The number of hydrogen-bond donors (Lipinski definition) is 2. The number of benzene rings is 2. The summed E-state index contributed by atoms with van der Waals surface area (Å²) in [6.07, 6.45) is 0.633. The van der Waals surface area contributed by atoms with Crippen LogP contribution in [-0.2, 0) is 12.6 Å². The summed E-state index contributed by atoms with van der Waals surface area (Å²) >= 11 is 0. The van der Waals surface area contributed by atoms with Crippen molar-refractivity contribution in [2.24, 2.45) is 0 Å². The molecule has 2 N–H and O–H groups in total. The second-order valence-corrected chi connectivity index (χ2v) is 6.65. The Balaban J connectivity index is 1.84. The van der Waals surface area contributed by atoms with E-state index < -0.39 is 23.5 Å². The molecule has 0 fully saturated rings. The van der Waals surface area contributed by atoms with Crippen molar-refractivity contribution in [3.63, 3.8) is 0 Å². The van der Waals surface area contributed by atoms with Gasteiger partial charge in [0.1, 0.15) is 5.75 Å². The first-order valence-electron chi connectivity index (χ1n) is 9.41. The molecule has 0 unspecified atom stereocenters. The van der Waals surface area contributed by atoms with Gasteiger partial charge in [0.15, 0.2) is 0 Å². The molecule has 32 heavy (non-hydrogen) atoms. The first-order valence-corrected chi connectivity index (χ1v) is 9.41. The molecule has 0 spiro atoms. The molecule has 0 aliphatic rings. The van der Waals surface area contributed by atoms with Crippen LogP contribution in [0.25, 0.3) is 0 Å². The number of phenols is 1. The van der Waals surface area contributed by atoms with Crippen molar-refractivity contribution in [2.45, 2.75) is 19.0 Å². The van der Waals surface area contributed by atoms with Crippen LogP contribution in [0.1, 0.15) is 39.0 Å². The molecule has 0 atom stereocenters. The Bertz CT molecular complexity index is 1170. The van der Waals surface area contributed by atoms with Gasteiger partial charge in [-0.25, -0.2) is 9.78 Å². The van der Waals surface area contributed by atoms with Crippen LogP contribution in [-0.4, -0.2) is 32.8 Å². The van der Waals surface area contributed by atoms with Crippen LogP contribution >= 0.6 is 0 Å². The predicted octanol–water partition coefficient (Wildman–Crippen LogP) is 4.31. The highest BCUT2D eigenvalue weighted by molar-refractivity contribution is 5.88. The van der Waals surface area contributed by atoms with E-state index >= 15 is 0 Å². The Morgan fingerprint density at radius 3 is 2.50 bits per heavy atom. The molecule has 2 aromatic carbocycles. The maximum atomic E-state index is 13.3. The lowest BCUT2D eigenvalue weighted by Gasteiger charge is -2.10. The average molecular weight is 442 g/mol. The quantitative estimate of drug-likeness (QED) is 0.437. The summed E-state index contributed by atoms with van der Waals surface area (Å²) in [5.74, 6) is 3.89. The number of aromatic nitrogens is 2. The summed E-state index contributed by atoms with van der Waals surface area (Å²) in [4.78, 5) is 19.2. The van der Waals surface area contributed by atoms with Gasteiger partial charge in [0.25, 0.3) is 0 Å². The molecule has 164 valence electrons. The molecule has 0 aliphatic carbocycles. The molecular weight excluding hydrogens is 425 g/mol. The van der Waals surface area contributed by atoms with Gasteiger partial charge >= 0.3 is 12.1 Å². The van der Waals surface area contributed by atoms with E-state index in [9.17, 15) is 28.2 Å². The zero-order valence-corrected chi connectivity index (χ0v) is 16.6. The molecule has 0 bridgehead atoms. The Hall–Kier alpha value is -4.06. The number of aryl methyl sites for hydroxylation is 1. The molecule has 0 radical (unpaired) electrons. The lowest BCUT2D eigenvalue weighted by Crippen LogP contribution is -2.07. The third-order valence-electron chi connectivity index (χ3n) is 4.37. The van der Waals surface area contributed by atoms with Gasteiger partial charge < -0.3 is 14.9 Å². The number of carbonyl (C=O) groups is 1. The number of phenolic OH excluding ortho intramolecular Hbond substituents is 1. The topological polar surface area (TPSA) is 92.5 Å². The number of ether oxygens (including phenoxy) is 1. The van der Waals surface area contributed by atoms with Crippen molar-refractivity contribution in [3.05, 3.63) is 82.8 Å². The van der Waals surface area contributed by atoms with Crippen LogP contribution < -0.4 is 4.74 Å². The molecule has 0 amide bonds. The molecule has 3 rings (SSSR count). The fraction of sp³-hybridized carbons (Fsp3) is 0.174. The highest BCUT2D eigenvalue weighted by atomic mass is 19.4. The molecule has 9 heteroatoms.